The second kappa shape index (κ2) is 8.85. The molecule has 0 heterocycles. The van der Waals surface area contributed by atoms with Gasteiger partial charge >= 0.3 is 0 Å². The molecule has 3 aromatic rings. The van der Waals surface area contributed by atoms with Crippen molar-refractivity contribution in [2.75, 3.05) is 0 Å². The van der Waals surface area contributed by atoms with Gasteiger partial charge in [-0.15, -0.1) is 0 Å². The van der Waals surface area contributed by atoms with Gasteiger partial charge in [-0.2, -0.15) is 0 Å². The van der Waals surface area contributed by atoms with Crippen LogP contribution in [0.5, 0.6) is 0 Å². The highest BCUT2D eigenvalue weighted by Gasteiger charge is 2.31. The molecule has 3 heteroatoms. The second-order valence-electron chi connectivity index (χ2n) is 7.28. The predicted octanol–water partition coefficient (Wildman–Crippen LogP) is 4.62. The SMILES string of the molecule is O=C(Cc1ccccc1)N[C@@H]1c2ccccc2CC[C@@H]1OCc1ccccc1. The first kappa shape index (κ1) is 18.5. The van der Waals surface area contributed by atoms with E-state index in [4.69, 9.17) is 4.74 Å². The van der Waals surface area contributed by atoms with E-state index >= 15 is 0 Å². The standard InChI is InChI=1S/C25H25NO2/c27-24(17-19-9-3-1-4-10-19)26-25-22-14-8-7-13-21(22)15-16-23(25)28-18-20-11-5-2-6-12-20/h1-14,23,25H,15-18H2,(H,26,27)/t23-,25+/m0/s1. The van der Waals surface area contributed by atoms with Crippen LogP contribution in [0.25, 0.3) is 0 Å². The Morgan fingerprint density at radius 3 is 2.25 bits per heavy atom. The van der Waals surface area contributed by atoms with Crippen LogP contribution in [0.4, 0.5) is 0 Å². The first-order valence-electron chi connectivity index (χ1n) is 9.86. The van der Waals surface area contributed by atoms with Crippen molar-refractivity contribution in [1.29, 1.82) is 0 Å². The number of hydrogen-bond donors (Lipinski definition) is 1. The Bertz CT molecular complexity index is 908. The van der Waals surface area contributed by atoms with E-state index in [1.165, 1.54) is 11.1 Å². The number of rotatable bonds is 6. The first-order valence-corrected chi connectivity index (χ1v) is 9.86. The van der Waals surface area contributed by atoms with Crippen molar-refractivity contribution in [2.24, 2.45) is 0 Å². The largest absolute Gasteiger partial charge is 0.371 e. The summed E-state index contributed by atoms with van der Waals surface area (Å²) in [7, 11) is 0. The van der Waals surface area contributed by atoms with E-state index in [0.29, 0.717) is 13.0 Å². The molecule has 142 valence electrons. The molecule has 1 N–H and O–H groups in total. The number of nitrogens with one attached hydrogen (secondary N) is 1. The summed E-state index contributed by atoms with van der Waals surface area (Å²) in [6.07, 6.45) is 2.22. The van der Waals surface area contributed by atoms with E-state index in [-0.39, 0.29) is 18.1 Å². The maximum Gasteiger partial charge on any atom is 0.224 e. The Morgan fingerprint density at radius 2 is 1.50 bits per heavy atom. The summed E-state index contributed by atoms with van der Waals surface area (Å²) in [4.78, 5) is 12.7. The minimum atomic E-state index is -0.120. The van der Waals surface area contributed by atoms with Crippen molar-refractivity contribution in [2.45, 2.75) is 38.0 Å². The summed E-state index contributed by atoms with van der Waals surface area (Å²) < 4.78 is 6.27. The van der Waals surface area contributed by atoms with E-state index in [0.717, 1.165) is 24.0 Å². The van der Waals surface area contributed by atoms with E-state index in [1.54, 1.807) is 0 Å². The van der Waals surface area contributed by atoms with Crippen LogP contribution in [0.3, 0.4) is 0 Å². The number of fused-ring (bicyclic) bond motifs is 1. The lowest BCUT2D eigenvalue weighted by Gasteiger charge is -2.34. The monoisotopic (exact) mass is 371 g/mol. The summed E-state index contributed by atoms with van der Waals surface area (Å²) in [6.45, 7) is 0.554. The molecule has 0 saturated carbocycles. The van der Waals surface area contributed by atoms with Crippen LogP contribution < -0.4 is 5.32 Å². The van der Waals surface area contributed by atoms with Gasteiger partial charge in [0.2, 0.25) is 5.91 Å². The molecule has 1 amide bonds. The highest BCUT2D eigenvalue weighted by Crippen LogP contribution is 2.32. The van der Waals surface area contributed by atoms with Gasteiger partial charge in [0.25, 0.3) is 0 Å². The fourth-order valence-corrected chi connectivity index (χ4v) is 3.86. The second-order valence-corrected chi connectivity index (χ2v) is 7.28. The zero-order valence-electron chi connectivity index (χ0n) is 15.9. The van der Waals surface area contributed by atoms with Crippen LogP contribution in [-0.4, -0.2) is 12.0 Å². The van der Waals surface area contributed by atoms with Gasteiger partial charge in [-0.25, -0.2) is 0 Å². The molecule has 0 unspecified atom stereocenters. The molecule has 2 atom stereocenters. The van der Waals surface area contributed by atoms with Crippen molar-refractivity contribution in [1.82, 2.24) is 5.32 Å². The third kappa shape index (κ3) is 4.49. The highest BCUT2D eigenvalue weighted by atomic mass is 16.5. The fraction of sp³-hybridized carbons (Fsp3) is 0.240. The van der Waals surface area contributed by atoms with Gasteiger partial charge in [-0.05, 0) is 35.1 Å². The average Bonchev–Trinajstić information content (AvgIpc) is 2.74. The van der Waals surface area contributed by atoms with Crippen LogP contribution in [0, 0.1) is 0 Å². The van der Waals surface area contributed by atoms with E-state index in [2.05, 4.69) is 35.6 Å². The van der Waals surface area contributed by atoms with Crippen LogP contribution in [-0.2, 0) is 29.0 Å². The maximum atomic E-state index is 12.7. The molecule has 3 aromatic carbocycles. The molecular formula is C25H25NO2. The summed E-state index contributed by atoms with van der Waals surface area (Å²) in [5.74, 6) is 0.0289. The summed E-state index contributed by atoms with van der Waals surface area (Å²) >= 11 is 0. The molecule has 0 aromatic heterocycles. The summed E-state index contributed by atoms with van der Waals surface area (Å²) in [6, 6.07) is 28.3. The lowest BCUT2D eigenvalue weighted by molar-refractivity contribution is -0.122. The third-order valence-corrected chi connectivity index (χ3v) is 5.29. The average molecular weight is 371 g/mol. The van der Waals surface area contributed by atoms with Gasteiger partial charge in [-0.3, -0.25) is 4.79 Å². The molecule has 0 saturated heterocycles. The van der Waals surface area contributed by atoms with Crippen LogP contribution in [0.2, 0.25) is 0 Å². The quantitative estimate of drug-likeness (QED) is 0.687. The lowest BCUT2D eigenvalue weighted by atomic mass is 9.85. The molecule has 1 aliphatic rings. The zero-order chi connectivity index (χ0) is 19.2. The molecule has 0 aliphatic heterocycles. The van der Waals surface area contributed by atoms with Crippen molar-refractivity contribution in [3.8, 4) is 0 Å². The zero-order valence-corrected chi connectivity index (χ0v) is 15.9. The van der Waals surface area contributed by atoms with Crippen molar-refractivity contribution < 1.29 is 9.53 Å². The molecule has 3 nitrogen and oxygen atoms in total. The molecule has 1 aliphatic carbocycles. The van der Waals surface area contributed by atoms with Gasteiger partial charge in [0, 0.05) is 0 Å². The number of amides is 1. The van der Waals surface area contributed by atoms with E-state index in [1.807, 2.05) is 54.6 Å². The Kier molecular flexibility index (Phi) is 5.83. The Hall–Kier alpha value is -2.91. The first-order chi connectivity index (χ1) is 13.8. The number of hydrogen-bond acceptors (Lipinski definition) is 2. The summed E-state index contributed by atoms with van der Waals surface area (Å²) in [5, 5.41) is 3.25. The highest BCUT2D eigenvalue weighted by molar-refractivity contribution is 5.79. The lowest BCUT2D eigenvalue weighted by Crippen LogP contribution is -2.41. The van der Waals surface area contributed by atoms with Crippen LogP contribution in [0.1, 0.15) is 34.7 Å². The van der Waals surface area contributed by atoms with Gasteiger partial charge in [0.1, 0.15) is 0 Å². The van der Waals surface area contributed by atoms with Crippen molar-refractivity contribution in [3.63, 3.8) is 0 Å². The molecular weight excluding hydrogens is 346 g/mol. The maximum absolute atomic E-state index is 12.7. The van der Waals surface area contributed by atoms with Gasteiger partial charge in [0.05, 0.1) is 25.2 Å². The predicted molar refractivity (Wildman–Crippen MR) is 111 cm³/mol. The van der Waals surface area contributed by atoms with E-state index in [9.17, 15) is 4.79 Å². The minimum Gasteiger partial charge on any atom is -0.371 e. The molecule has 0 bridgehead atoms. The van der Waals surface area contributed by atoms with Crippen molar-refractivity contribution >= 4 is 5.91 Å². The molecule has 0 fully saturated rings. The number of carbonyl (C=O) groups is 1. The molecule has 4 rings (SSSR count). The normalized spacial score (nSPS) is 18.3. The van der Waals surface area contributed by atoms with Crippen molar-refractivity contribution in [3.05, 3.63) is 107 Å². The van der Waals surface area contributed by atoms with Gasteiger partial charge in [-0.1, -0.05) is 84.9 Å². The van der Waals surface area contributed by atoms with Crippen LogP contribution in [0.15, 0.2) is 84.9 Å². The van der Waals surface area contributed by atoms with Crippen LogP contribution >= 0.6 is 0 Å². The van der Waals surface area contributed by atoms with Gasteiger partial charge < -0.3 is 10.1 Å². The Labute approximate surface area is 166 Å². The van der Waals surface area contributed by atoms with E-state index < -0.39 is 0 Å². The number of ether oxygens (including phenoxy) is 1. The summed E-state index contributed by atoms with van der Waals surface area (Å²) in [5.41, 5.74) is 4.64. The topological polar surface area (TPSA) is 38.3 Å². The Morgan fingerprint density at radius 1 is 0.857 bits per heavy atom. The fourth-order valence-electron chi connectivity index (χ4n) is 3.86. The minimum absolute atomic E-state index is 0.0289. The third-order valence-electron chi connectivity index (χ3n) is 5.29. The molecule has 0 radical (unpaired) electrons. The smallest absolute Gasteiger partial charge is 0.224 e. The number of aryl methyl sites for hydroxylation is 1. The number of benzene rings is 3. The number of carbonyl (C=O) groups excluding carboxylic acids is 1. The Balaban J connectivity index is 1.49. The molecule has 28 heavy (non-hydrogen) atoms. The molecule has 0 spiro atoms. The van der Waals surface area contributed by atoms with Gasteiger partial charge in [0.15, 0.2) is 0 Å².